The lowest BCUT2D eigenvalue weighted by atomic mass is 10.3. The number of nitrogens with zero attached hydrogens (tertiary/aromatic N) is 2. The highest BCUT2D eigenvalue weighted by atomic mass is 79.9. The van der Waals surface area contributed by atoms with Gasteiger partial charge in [-0.15, -0.1) is 0 Å². The molecule has 0 saturated heterocycles. The fraction of sp³-hybridized carbons (Fsp3) is 0.250. The van der Waals surface area contributed by atoms with Crippen molar-refractivity contribution in [2.75, 3.05) is 12.3 Å². The van der Waals surface area contributed by atoms with E-state index in [4.69, 9.17) is 5.73 Å². The Morgan fingerprint density at radius 1 is 1.86 bits per heavy atom. The van der Waals surface area contributed by atoms with Gasteiger partial charge in [0.25, 0.3) is 5.91 Å². The highest BCUT2D eigenvalue weighted by molar-refractivity contribution is 9.11. The molecule has 1 rings (SSSR count). The second kappa shape index (κ2) is 4.28. The molecule has 0 bridgehead atoms. The van der Waals surface area contributed by atoms with Crippen molar-refractivity contribution in [3.05, 3.63) is 23.0 Å². The molecule has 6 heteroatoms. The summed E-state index contributed by atoms with van der Waals surface area (Å²) in [7, 11) is 1.70. The molecule has 3 N–H and O–H groups in total. The topological polar surface area (TPSA) is 72.9 Å². The predicted octanol–water partition coefficient (Wildman–Crippen LogP) is 0.641. The molecule has 0 saturated carbocycles. The van der Waals surface area contributed by atoms with Crippen LogP contribution >= 0.6 is 15.9 Å². The lowest BCUT2D eigenvalue weighted by Gasteiger charge is -2.01. The number of rotatable bonds is 3. The van der Waals surface area contributed by atoms with Gasteiger partial charge in [-0.05, 0) is 0 Å². The quantitative estimate of drug-likeness (QED) is 0.836. The van der Waals surface area contributed by atoms with E-state index in [1.54, 1.807) is 13.2 Å². The van der Waals surface area contributed by atoms with E-state index in [-0.39, 0.29) is 11.6 Å². The number of aryl methyl sites for hydroxylation is 1. The van der Waals surface area contributed by atoms with Crippen LogP contribution in [-0.2, 0) is 7.05 Å². The summed E-state index contributed by atoms with van der Waals surface area (Å²) in [4.78, 5) is 11.5. The van der Waals surface area contributed by atoms with Crippen LogP contribution in [0.15, 0.2) is 17.3 Å². The number of nitrogens with one attached hydrogen (secondary N) is 1. The maximum absolute atomic E-state index is 11.5. The third-order valence-corrected chi connectivity index (χ3v) is 1.79. The molecule has 1 amide bonds. The molecule has 0 aromatic carbocycles. The van der Waals surface area contributed by atoms with E-state index in [1.807, 2.05) is 0 Å². The number of amides is 1. The van der Waals surface area contributed by atoms with Gasteiger partial charge >= 0.3 is 0 Å². The summed E-state index contributed by atoms with van der Waals surface area (Å²) < 4.78 is 2.19. The van der Waals surface area contributed by atoms with Gasteiger partial charge in [0.1, 0.15) is 0 Å². The van der Waals surface area contributed by atoms with Crippen LogP contribution in [0.1, 0.15) is 10.5 Å². The molecule has 0 unspecified atom stereocenters. The first kappa shape index (κ1) is 10.8. The maximum Gasteiger partial charge on any atom is 0.274 e. The molecule has 14 heavy (non-hydrogen) atoms. The van der Waals surface area contributed by atoms with Crippen LogP contribution in [0.5, 0.6) is 0 Å². The van der Waals surface area contributed by atoms with Gasteiger partial charge in [0.05, 0.1) is 5.69 Å². The Balaban J connectivity index is 2.69. The summed E-state index contributed by atoms with van der Waals surface area (Å²) in [5.74, 6) is -0.302. The molecule has 76 valence electrons. The van der Waals surface area contributed by atoms with Gasteiger partial charge in [-0.25, -0.2) is 0 Å². The maximum atomic E-state index is 11.5. The van der Waals surface area contributed by atoms with Crippen molar-refractivity contribution in [3.8, 4) is 0 Å². The van der Waals surface area contributed by atoms with Crippen molar-refractivity contribution in [2.24, 2.45) is 7.05 Å². The summed E-state index contributed by atoms with van der Waals surface area (Å²) in [6.45, 7) is 3.95. The fourth-order valence-electron chi connectivity index (χ4n) is 0.943. The first-order valence-corrected chi connectivity index (χ1v) is 4.70. The molecule has 0 aliphatic rings. The summed E-state index contributed by atoms with van der Waals surface area (Å²) in [6, 6.07) is 0. The zero-order valence-electron chi connectivity index (χ0n) is 7.75. The van der Waals surface area contributed by atoms with Crippen LogP contribution in [0.2, 0.25) is 0 Å². The largest absolute Gasteiger partial charge is 0.396 e. The SMILES string of the molecule is C=C(Br)CNC(=O)c1nn(C)cc1N. The first-order chi connectivity index (χ1) is 6.50. The Hall–Kier alpha value is -1.30. The minimum Gasteiger partial charge on any atom is -0.396 e. The third-order valence-electron chi connectivity index (χ3n) is 1.51. The van der Waals surface area contributed by atoms with Crippen molar-refractivity contribution in [2.45, 2.75) is 0 Å². The van der Waals surface area contributed by atoms with Crippen molar-refractivity contribution < 1.29 is 4.79 Å². The van der Waals surface area contributed by atoms with Gasteiger partial charge in [0.15, 0.2) is 5.69 Å². The molecular weight excluding hydrogens is 248 g/mol. The molecule has 0 atom stereocenters. The summed E-state index contributed by atoms with van der Waals surface area (Å²) in [5.41, 5.74) is 6.17. The smallest absolute Gasteiger partial charge is 0.274 e. The van der Waals surface area contributed by atoms with E-state index < -0.39 is 0 Å². The zero-order valence-corrected chi connectivity index (χ0v) is 9.34. The average Bonchev–Trinajstić information content (AvgIpc) is 2.41. The van der Waals surface area contributed by atoms with Gasteiger partial charge in [-0.1, -0.05) is 22.5 Å². The van der Waals surface area contributed by atoms with Crippen LogP contribution in [-0.4, -0.2) is 22.2 Å². The number of nitrogens with two attached hydrogens (primary N) is 1. The van der Waals surface area contributed by atoms with Gasteiger partial charge < -0.3 is 11.1 Å². The molecule has 1 heterocycles. The molecule has 0 aliphatic carbocycles. The van der Waals surface area contributed by atoms with E-state index in [2.05, 4.69) is 32.9 Å². The van der Waals surface area contributed by atoms with Crippen LogP contribution in [0.25, 0.3) is 0 Å². The van der Waals surface area contributed by atoms with Gasteiger partial charge in [0, 0.05) is 24.3 Å². The van der Waals surface area contributed by atoms with E-state index in [0.717, 1.165) is 0 Å². The van der Waals surface area contributed by atoms with Gasteiger partial charge in [-0.3, -0.25) is 9.48 Å². The highest BCUT2D eigenvalue weighted by Gasteiger charge is 2.12. The number of nitrogen functional groups attached to an aromatic ring is 1. The van der Waals surface area contributed by atoms with E-state index in [1.165, 1.54) is 4.68 Å². The molecule has 5 nitrogen and oxygen atoms in total. The minimum atomic E-state index is -0.302. The Kier molecular flexibility index (Phi) is 3.29. The van der Waals surface area contributed by atoms with Crippen molar-refractivity contribution in [1.29, 1.82) is 0 Å². The van der Waals surface area contributed by atoms with E-state index in [0.29, 0.717) is 16.7 Å². The Morgan fingerprint density at radius 3 is 2.93 bits per heavy atom. The number of hydrogen-bond donors (Lipinski definition) is 2. The molecule has 0 fully saturated rings. The number of anilines is 1. The lowest BCUT2D eigenvalue weighted by Crippen LogP contribution is -2.25. The van der Waals surface area contributed by atoms with Crippen molar-refractivity contribution in [3.63, 3.8) is 0 Å². The lowest BCUT2D eigenvalue weighted by molar-refractivity contribution is 0.0953. The molecule has 0 spiro atoms. The zero-order chi connectivity index (χ0) is 10.7. The summed E-state index contributed by atoms with van der Waals surface area (Å²) in [6.07, 6.45) is 1.58. The summed E-state index contributed by atoms with van der Waals surface area (Å²) in [5, 5.41) is 6.53. The normalized spacial score (nSPS) is 9.86. The number of carbonyl (C=O) groups excluding carboxylic acids is 1. The Morgan fingerprint density at radius 2 is 2.50 bits per heavy atom. The van der Waals surface area contributed by atoms with Crippen LogP contribution < -0.4 is 11.1 Å². The molecule has 0 radical (unpaired) electrons. The first-order valence-electron chi connectivity index (χ1n) is 3.91. The van der Waals surface area contributed by atoms with Gasteiger partial charge in [0.2, 0.25) is 0 Å². The molecule has 0 aliphatic heterocycles. The van der Waals surface area contributed by atoms with Crippen molar-refractivity contribution >= 4 is 27.5 Å². The Bertz CT molecular complexity index is 371. The standard InChI is InChI=1S/C8H11BrN4O/c1-5(9)3-11-8(14)7-6(10)4-13(2)12-7/h4H,1,3,10H2,2H3,(H,11,14). The summed E-state index contributed by atoms with van der Waals surface area (Å²) >= 11 is 3.13. The molecular formula is C8H11BrN4O. The van der Waals surface area contributed by atoms with Crippen molar-refractivity contribution in [1.82, 2.24) is 15.1 Å². The Labute approximate surface area is 90.1 Å². The van der Waals surface area contributed by atoms with Crippen LogP contribution in [0, 0.1) is 0 Å². The number of aromatic nitrogens is 2. The predicted molar refractivity (Wildman–Crippen MR) is 58.0 cm³/mol. The minimum absolute atomic E-state index is 0.237. The van der Waals surface area contributed by atoms with E-state index >= 15 is 0 Å². The average molecular weight is 259 g/mol. The van der Waals surface area contributed by atoms with Crippen LogP contribution in [0.3, 0.4) is 0 Å². The number of hydrogen-bond acceptors (Lipinski definition) is 3. The fourth-order valence-corrected chi connectivity index (χ4v) is 1.08. The highest BCUT2D eigenvalue weighted by Crippen LogP contribution is 2.07. The monoisotopic (exact) mass is 258 g/mol. The molecule has 1 aromatic rings. The second-order valence-electron chi connectivity index (χ2n) is 2.81. The van der Waals surface area contributed by atoms with Crippen LogP contribution in [0.4, 0.5) is 5.69 Å². The number of carbonyl (C=O) groups is 1. The third kappa shape index (κ3) is 2.59. The van der Waals surface area contributed by atoms with Gasteiger partial charge in [-0.2, -0.15) is 5.10 Å². The number of halogens is 1. The molecule has 1 aromatic heterocycles. The van der Waals surface area contributed by atoms with E-state index in [9.17, 15) is 4.79 Å². The second-order valence-corrected chi connectivity index (χ2v) is 3.93.